The zero-order valence-electron chi connectivity index (χ0n) is 16.0. The van der Waals surface area contributed by atoms with Gasteiger partial charge in [-0.3, -0.25) is 19.4 Å². The molecule has 2 aromatic carbocycles. The molecule has 156 valence electrons. The minimum atomic E-state index is -0.941. The number of hydrazone groups is 1. The second-order valence-electron chi connectivity index (χ2n) is 7.48. The Morgan fingerprint density at radius 2 is 1.74 bits per heavy atom. The number of nitrogens with zero attached hydrogens (tertiary/aromatic N) is 3. The molecule has 3 amide bonds. The number of carbonyl (C=O) groups is 3. The Morgan fingerprint density at radius 1 is 1.00 bits per heavy atom. The maximum absolute atomic E-state index is 13.5. The fourth-order valence-electron chi connectivity index (χ4n) is 4.48. The average molecular weight is 455 g/mol. The van der Waals surface area contributed by atoms with E-state index < -0.39 is 41.6 Å². The van der Waals surface area contributed by atoms with Gasteiger partial charge in [0.2, 0.25) is 17.7 Å². The third kappa shape index (κ3) is 3.12. The molecule has 9 heteroatoms. The van der Waals surface area contributed by atoms with Crippen LogP contribution in [0.4, 0.5) is 11.4 Å². The highest BCUT2D eigenvalue weighted by Crippen LogP contribution is 2.46. The van der Waals surface area contributed by atoms with E-state index in [4.69, 9.17) is 23.2 Å². The summed E-state index contributed by atoms with van der Waals surface area (Å²) in [4.78, 5) is 41.2. The Bertz CT molecular complexity index is 1150. The third-order valence-corrected chi connectivity index (χ3v) is 6.29. The van der Waals surface area contributed by atoms with Gasteiger partial charge in [-0.1, -0.05) is 47.5 Å². The molecule has 0 aliphatic carbocycles. The lowest BCUT2D eigenvalue weighted by Crippen LogP contribution is -2.47. The predicted molar refractivity (Wildman–Crippen MR) is 118 cm³/mol. The Balaban J connectivity index is 1.53. The van der Waals surface area contributed by atoms with Crippen LogP contribution in [0.2, 0.25) is 10.0 Å². The van der Waals surface area contributed by atoms with Crippen LogP contribution in [0.3, 0.4) is 0 Å². The van der Waals surface area contributed by atoms with Gasteiger partial charge in [-0.15, -0.1) is 0 Å². The van der Waals surface area contributed by atoms with E-state index in [9.17, 15) is 14.4 Å². The number of fused-ring (bicyclic) bond motifs is 3. The summed E-state index contributed by atoms with van der Waals surface area (Å²) in [5.41, 5.74) is 0.853. The summed E-state index contributed by atoms with van der Waals surface area (Å²) in [5.74, 6) is -2.94. The molecule has 0 aromatic heterocycles. The minimum absolute atomic E-state index is 0.188. The summed E-state index contributed by atoms with van der Waals surface area (Å²) in [6.07, 6.45) is 5.05. The molecule has 4 unspecified atom stereocenters. The molecule has 2 fully saturated rings. The van der Waals surface area contributed by atoms with E-state index in [1.807, 2.05) is 6.07 Å². The molecule has 0 radical (unpaired) electrons. The van der Waals surface area contributed by atoms with Crippen molar-refractivity contribution in [3.63, 3.8) is 0 Å². The zero-order chi connectivity index (χ0) is 21.7. The SMILES string of the molecule is O=C(Nc1ccccc1)C1C2C(=O)N(c3ccc(Cl)cc3Cl)C(=O)C2C2C=CC=NN21. The van der Waals surface area contributed by atoms with Gasteiger partial charge < -0.3 is 5.32 Å². The van der Waals surface area contributed by atoms with Crippen molar-refractivity contribution in [2.24, 2.45) is 16.9 Å². The Kier molecular flexibility index (Phi) is 4.79. The highest BCUT2D eigenvalue weighted by Gasteiger charge is 2.64. The summed E-state index contributed by atoms with van der Waals surface area (Å²) < 4.78 is 0. The number of hydrogen-bond donors (Lipinski definition) is 1. The topological polar surface area (TPSA) is 82.1 Å². The summed E-state index contributed by atoms with van der Waals surface area (Å²) in [7, 11) is 0. The first-order valence-electron chi connectivity index (χ1n) is 9.65. The van der Waals surface area contributed by atoms with Gasteiger partial charge in [-0.2, -0.15) is 5.10 Å². The normalized spacial score (nSPS) is 26.3. The maximum atomic E-state index is 13.5. The number of nitrogens with one attached hydrogen (secondary N) is 1. The highest BCUT2D eigenvalue weighted by atomic mass is 35.5. The van der Waals surface area contributed by atoms with E-state index in [1.165, 1.54) is 12.1 Å². The summed E-state index contributed by atoms with van der Waals surface area (Å²) in [5, 5.41) is 9.27. The standard InChI is InChI=1S/C22H16Cl2N4O3/c23-12-8-9-15(14(24)11-12)27-21(30)17-16-7-4-10-25-28(16)19(18(17)22(27)31)20(29)26-13-5-2-1-3-6-13/h1-11,16-19H,(H,26,29). The molecule has 2 aromatic rings. The monoisotopic (exact) mass is 454 g/mol. The van der Waals surface area contributed by atoms with E-state index in [1.54, 1.807) is 53.7 Å². The lowest BCUT2D eigenvalue weighted by Gasteiger charge is -2.30. The van der Waals surface area contributed by atoms with Gasteiger partial charge in [-0.25, -0.2) is 4.90 Å². The molecule has 3 heterocycles. The van der Waals surface area contributed by atoms with E-state index in [-0.39, 0.29) is 10.7 Å². The molecule has 31 heavy (non-hydrogen) atoms. The van der Waals surface area contributed by atoms with Crippen LogP contribution in [0.25, 0.3) is 0 Å². The molecular formula is C22H16Cl2N4O3. The number of rotatable bonds is 3. The molecule has 4 atom stereocenters. The average Bonchev–Trinajstić information content (AvgIpc) is 3.22. The van der Waals surface area contributed by atoms with Crippen LogP contribution in [0.15, 0.2) is 65.8 Å². The first-order chi connectivity index (χ1) is 15.0. The van der Waals surface area contributed by atoms with Gasteiger partial charge in [0.25, 0.3) is 0 Å². The van der Waals surface area contributed by atoms with Gasteiger partial charge in [0.05, 0.1) is 28.6 Å². The van der Waals surface area contributed by atoms with Gasteiger partial charge in [0.1, 0.15) is 6.04 Å². The van der Waals surface area contributed by atoms with E-state index in [0.717, 1.165) is 4.90 Å². The molecule has 2 saturated heterocycles. The number of imide groups is 1. The predicted octanol–water partition coefficient (Wildman–Crippen LogP) is 3.35. The molecule has 0 saturated carbocycles. The minimum Gasteiger partial charge on any atom is -0.324 e. The van der Waals surface area contributed by atoms with Crippen molar-refractivity contribution < 1.29 is 14.4 Å². The highest BCUT2D eigenvalue weighted by molar-refractivity contribution is 6.38. The van der Waals surface area contributed by atoms with Gasteiger partial charge >= 0.3 is 0 Å². The lowest BCUT2D eigenvalue weighted by molar-refractivity contribution is -0.129. The second-order valence-corrected chi connectivity index (χ2v) is 8.32. The number of carbonyl (C=O) groups excluding carboxylic acids is 3. The van der Waals surface area contributed by atoms with Crippen LogP contribution in [0, 0.1) is 11.8 Å². The Labute approximate surface area is 187 Å². The van der Waals surface area contributed by atoms with Gasteiger partial charge in [0.15, 0.2) is 0 Å². The van der Waals surface area contributed by atoms with Crippen LogP contribution in [0.1, 0.15) is 0 Å². The molecule has 0 bridgehead atoms. The quantitative estimate of drug-likeness (QED) is 0.720. The van der Waals surface area contributed by atoms with Crippen LogP contribution in [0.5, 0.6) is 0 Å². The van der Waals surface area contributed by atoms with Crippen LogP contribution in [-0.2, 0) is 14.4 Å². The van der Waals surface area contributed by atoms with Crippen molar-refractivity contribution in [2.45, 2.75) is 12.1 Å². The molecule has 7 nitrogen and oxygen atoms in total. The van der Waals surface area contributed by atoms with Crippen molar-refractivity contribution in [3.05, 3.63) is 70.7 Å². The number of benzene rings is 2. The zero-order valence-corrected chi connectivity index (χ0v) is 17.5. The summed E-state index contributed by atoms with van der Waals surface area (Å²) in [6.45, 7) is 0. The van der Waals surface area contributed by atoms with Crippen molar-refractivity contribution in [2.75, 3.05) is 10.2 Å². The number of hydrogen-bond acceptors (Lipinski definition) is 5. The number of allylic oxidation sites excluding steroid dienone is 1. The van der Waals surface area contributed by atoms with Crippen molar-refractivity contribution in [1.82, 2.24) is 5.01 Å². The molecule has 5 rings (SSSR count). The number of amides is 3. The van der Waals surface area contributed by atoms with Crippen molar-refractivity contribution in [1.29, 1.82) is 0 Å². The number of para-hydroxylation sites is 1. The Hall–Kier alpha value is -3.16. The van der Waals surface area contributed by atoms with Crippen molar-refractivity contribution in [3.8, 4) is 0 Å². The van der Waals surface area contributed by atoms with Gasteiger partial charge in [-0.05, 0) is 36.4 Å². The first-order valence-corrected chi connectivity index (χ1v) is 10.4. The van der Waals surface area contributed by atoms with Crippen LogP contribution in [-0.4, -0.2) is 41.0 Å². The van der Waals surface area contributed by atoms with Gasteiger partial charge in [0, 0.05) is 16.9 Å². The third-order valence-electron chi connectivity index (χ3n) is 5.75. The maximum Gasteiger partial charge on any atom is 0.249 e. The molecule has 3 aliphatic heterocycles. The first kappa shape index (κ1) is 19.8. The summed E-state index contributed by atoms with van der Waals surface area (Å²) >= 11 is 12.3. The molecular weight excluding hydrogens is 439 g/mol. The molecule has 0 spiro atoms. The fourth-order valence-corrected chi connectivity index (χ4v) is 4.97. The summed E-state index contributed by atoms with van der Waals surface area (Å²) in [6, 6.07) is 12.1. The number of anilines is 2. The fraction of sp³-hybridized carbons (Fsp3) is 0.182. The van der Waals surface area contributed by atoms with E-state index >= 15 is 0 Å². The van der Waals surface area contributed by atoms with Crippen LogP contribution < -0.4 is 10.2 Å². The molecule has 1 N–H and O–H groups in total. The van der Waals surface area contributed by atoms with Crippen molar-refractivity contribution >= 4 is 58.5 Å². The van der Waals surface area contributed by atoms with E-state index in [2.05, 4.69) is 10.4 Å². The lowest BCUT2D eigenvalue weighted by atomic mass is 9.88. The Morgan fingerprint density at radius 3 is 2.48 bits per heavy atom. The van der Waals surface area contributed by atoms with E-state index in [0.29, 0.717) is 10.7 Å². The smallest absolute Gasteiger partial charge is 0.249 e. The number of halogens is 2. The van der Waals surface area contributed by atoms with Crippen LogP contribution >= 0.6 is 23.2 Å². The molecule has 3 aliphatic rings. The second kappa shape index (κ2) is 7.51. The largest absolute Gasteiger partial charge is 0.324 e.